The smallest absolute Gasteiger partial charge is 0.387 e. The maximum atomic E-state index is 12.9. The molecule has 0 spiro atoms. The maximum Gasteiger partial charge on any atom is 0.416 e. The predicted octanol–water partition coefficient (Wildman–Crippen LogP) is 3.77. The highest BCUT2D eigenvalue weighted by Crippen LogP contribution is 2.39. The Balaban J connectivity index is 1.38. The van der Waals surface area contributed by atoms with Gasteiger partial charge in [-0.2, -0.15) is 13.2 Å². The average molecular weight is 519 g/mol. The van der Waals surface area contributed by atoms with Crippen LogP contribution in [0.2, 0.25) is 0 Å². The summed E-state index contributed by atoms with van der Waals surface area (Å²) in [6.07, 6.45) is -1.24. The van der Waals surface area contributed by atoms with Gasteiger partial charge in [0.25, 0.3) is 5.91 Å². The minimum atomic E-state index is -4.36. The molecule has 0 radical (unpaired) electrons. The van der Waals surface area contributed by atoms with Crippen molar-refractivity contribution in [2.45, 2.75) is 52.0 Å². The number of aliphatic hydroxyl groups excluding tert-OH is 1. The number of piperidine rings is 1. The fourth-order valence-electron chi connectivity index (χ4n) is 5.28. The highest BCUT2D eigenvalue weighted by Gasteiger charge is 2.35. The summed E-state index contributed by atoms with van der Waals surface area (Å²) in [5.41, 5.74) is 2.46. The topological polar surface area (TPSA) is 85.8 Å². The molecule has 2 aliphatic heterocycles. The lowest BCUT2D eigenvalue weighted by atomic mass is 9.96. The highest BCUT2D eigenvalue weighted by molar-refractivity contribution is 5.94. The largest absolute Gasteiger partial charge is 0.416 e. The number of likely N-dealkylation sites (tertiary alicyclic amines) is 1. The number of amides is 2. The Morgan fingerprint density at radius 2 is 1.84 bits per heavy atom. The summed E-state index contributed by atoms with van der Waals surface area (Å²) >= 11 is 0. The Morgan fingerprint density at radius 1 is 1.16 bits per heavy atom. The van der Waals surface area contributed by atoms with Gasteiger partial charge in [-0.3, -0.25) is 19.5 Å². The molecule has 7 nitrogen and oxygen atoms in total. The van der Waals surface area contributed by atoms with Gasteiger partial charge in [0.1, 0.15) is 6.61 Å². The Morgan fingerprint density at radius 3 is 2.43 bits per heavy atom. The number of aromatic nitrogens is 1. The Kier molecular flexibility index (Phi) is 8.18. The van der Waals surface area contributed by atoms with E-state index in [1.54, 1.807) is 11.1 Å². The van der Waals surface area contributed by atoms with Crippen molar-refractivity contribution in [1.82, 2.24) is 20.1 Å². The van der Waals surface area contributed by atoms with Crippen molar-refractivity contribution in [3.63, 3.8) is 0 Å². The van der Waals surface area contributed by atoms with Crippen LogP contribution in [0.1, 0.15) is 65.5 Å². The van der Waals surface area contributed by atoms with E-state index in [1.165, 1.54) is 12.1 Å². The molecule has 1 aromatic heterocycles. The normalized spacial score (nSPS) is 18.8. The number of benzene rings is 1. The zero-order valence-corrected chi connectivity index (χ0v) is 21.1. The molecule has 3 heterocycles. The van der Waals surface area contributed by atoms with Crippen molar-refractivity contribution in [3.8, 4) is 0 Å². The molecule has 1 aromatic carbocycles. The summed E-state index contributed by atoms with van der Waals surface area (Å²) in [6, 6.07) is 7.11. The lowest BCUT2D eigenvalue weighted by Gasteiger charge is -2.31. The fraction of sp³-hybridized carbons (Fsp3) is 0.519. The van der Waals surface area contributed by atoms with Crippen molar-refractivity contribution < 1.29 is 27.9 Å². The lowest BCUT2D eigenvalue weighted by Crippen LogP contribution is -2.42. The zero-order chi connectivity index (χ0) is 26.7. The van der Waals surface area contributed by atoms with Crippen LogP contribution in [0.4, 0.5) is 13.2 Å². The molecule has 0 bridgehead atoms. The monoisotopic (exact) mass is 518 g/mol. The molecule has 1 unspecified atom stereocenters. The molecular formula is C27H33F3N4O3. The first-order chi connectivity index (χ1) is 17.6. The van der Waals surface area contributed by atoms with Gasteiger partial charge in [-0.1, -0.05) is 26.0 Å². The van der Waals surface area contributed by atoms with E-state index >= 15 is 0 Å². The molecule has 2 amide bonds. The SMILES string of the molecule is CC(C)C1c2ncc(C(=O)NCC3CCN(C(=O)CO)CC3)cc2CN1Cc1ccc(C(F)(F)F)cc1. The van der Waals surface area contributed by atoms with E-state index < -0.39 is 18.3 Å². The second-order valence-electron chi connectivity index (χ2n) is 10.2. The van der Waals surface area contributed by atoms with Crippen LogP contribution in [-0.4, -0.2) is 57.9 Å². The molecule has 200 valence electrons. The number of aliphatic hydroxyl groups is 1. The van der Waals surface area contributed by atoms with Crippen LogP contribution in [0.5, 0.6) is 0 Å². The summed E-state index contributed by atoms with van der Waals surface area (Å²) < 4.78 is 38.8. The number of fused-ring (bicyclic) bond motifs is 1. The first-order valence-corrected chi connectivity index (χ1v) is 12.6. The van der Waals surface area contributed by atoms with E-state index in [9.17, 15) is 22.8 Å². The van der Waals surface area contributed by atoms with E-state index in [1.807, 2.05) is 6.07 Å². The van der Waals surface area contributed by atoms with Crippen LogP contribution in [0.3, 0.4) is 0 Å². The van der Waals surface area contributed by atoms with Crippen molar-refractivity contribution in [2.75, 3.05) is 26.2 Å². The van der Waals surface area contributed by atoms with Gasteiger partial charge in [-0.25, -0.2) is 0 Å². The maximum absolute atomic E-state index is 12.9. The Bertz CT molecular complexity index is 1110. The number of carbonyl (C=O) groups is 2. The van der Waals surface area contributed by atoms with Crippen LogP contribution in [0.15, 0.2) is 36.5 Å². The van der Waals surface area contributed by atoms with Crippen molar-refractivity contribution >= 4 is 11.8 Å². The number of nitrogens with one attached hydrogen (secondary N) is 1. The van der Waals surface area contributed by atoms with Crippen LogP contribution < -0.4 is 5.32 Å². The molecule has 1 fully saturated rings. The third kappa shape index (κ3) is 6.30. The van der Waals surface area contributed by atoms with Gasteiger partial charge in [0.2, 0.25) is 5.91 Å². The molecular weight excluding hydrogens is 485 g/mol. The molecule has 2 aromatic rings. The van der Waals surface area contributed by atoms with E-state index in [4.69, 9.17) is 5.11 Å². The molecule has 2 N–H and O–H groups in total. The summed E-state index contributed by atoms with van der Waals surface area (Å²) in [5, 5.41) is 12.0. The summed E-state index contributed by atoms with van der Waals surface area (Å²) in [5.74, 6) is 0.0234. The van der Waals surface area contributed by atoms with E-state index in [0.717, 1.165) is 41.8 Å². The lowest BCUT2D eigenvalue weighted by molar-refractivity contribution is -0.137. The second-order valence-corrected chi connectivity index (χ2v) is 10.2. The van der Waals surface area contributed by atoms with Crippen molar-refractivity contribution in [3.05, 3.63) is 64.5 Å². The molecule has 4 rings (SSSR count). The fourth-order valence-corrected chi connectivity index (χ4v) is 5.28. The summed E-state index contributed by atoms with van der Waals surface area (Å²) in [6.45, 7) is 6.39. The standard InChI is InChI=1S/C27H33F3N4O3/c1-17(2)25-24-21(15-34(25)14-19-3-5-22(6-4-19)27(28,29)30)11-20(13-31-24)26(37)32-12-18-7-9-33(10-8-18)23(36)16-35/h3-6,11,13,17-18,25,35H,7-10,12,14-16H2,1-2H3,(H,32,37). The number of hydrogen-bond acceptors (Lipinski definition) is 5. The molecule has 1 atom stereocenters. The predicted molar refractivity (Wildman–Crippen MR) is 131 cm³/mol. The quantitative estimate of drug-likeness (QED) is 0.583. The number of hydrogen-bond donors (Lipinski definition) is 2. The molecule has 10 heteroatoms. The van der Waals surface area contributed by atoms with Crippen LogP contribution in [0, 0.1) is 11.8 Å². The minimum Gasteiger partial charge on any atom is -0.387 e. The van der Waals surface area contributed by atoms with Gasteiger partial charge >= 0.3 is 6.18 Å². The zero-order valence-electron chi connectivity index (χ0n) is 21.1. The van der Waals surface area contributed by atoms with Gasteiger partial charge in [0.15, 0.2) is 0 Å². The van der Waals surface area contributed by atoms with E-state index in [0.29, 0.717) is 38.3 Å². The highest BCUT2D eigenvalue weighted by atomic mass is 19.4. The minimum absolute atomic E-state index is 0.00113. The number of rotatable bonds is 7. The van der Waals surface area contributed by atoms with Gasteiger partial charge in [-0.05, 0) is 54.0 Å². The van der Waals surface area contributed by atoms with Crippen molar-refractivity contribution in [1.29, 1.82) is 0 Å². The number of carbonyl (C=O) groups excluding carboxylic acids is 2. The molecule has 1 saturated heterocycles. The van der Waals surface area contributed by atoms with E-state index in [-0.39, 0.29) is 29.7 Å². The molecule has 2 aliphatic rings. The van der Waals surface area contributed by atoms with Crippen LogP contribution in [-0.2, 0) is 24.1 Å². The number of nitrogens with zero attached hydrogens (tertiary/aromatic N) is 3. The molecule has 0 saturated carbocycles. The van der Waals surface area contributed by atoms with Gasteiger partial charge in [0, 0.05) is 38.9 Å². The Labute approximate surface area is 214 Å². The van der Waals surface area contributed by atoms with Crippen molar-refractivity contribution in [2.24, 2.45) is 11.8 Å². The summed E-state index contributed by atoms with van der Waals surface area (Å²) in [7, 11) is 0. The third-order valence-electron chi connectivity index (χ3n) is 7.26. The van der Waals surface area contributed by atoms with Gasteiger partial charge in [0.05, 0.1) is 22.9 Å². The van der Waals surface area contributed by atoms with Crippen LogP contribution in [0.25, 0.3) is 0 Å². The second kappa shape index (κ2) is 11.2. The molecule has 0 aliphatic carbocycles. The number of pyridine rings is 1. The number of halogens is 3. The van der Waals surface area contributed by atoms with Gasteiger partial charge < -0.3 is 15.3 Å². The van der Waals surface area contributed by atoms with Gasteiger partial charge in [-0.15, -0.1) is 0 Å². The van der Waals surface area contributed by atoms with Crippen LogP contribution >= 0.6 is 0 Å². The Hall–Kier alpha value is -2.98. The first-order valence-electron chi connectivity index (χ1n) is 12.6. The first kappa shape index (κ1) is 27.1. The summed E-state index contributed by atoms with van der Waals surface area (Å²) in [4.78, 5) is 32.9. The third-order valence-corrected chi connectivity index (χ3v) is 7.26. The van der Waals surface area contributed by atoms with E-state index in [2.05, 4.69) is 29.0 Å². The molecule has 37 heavy (non-hydrogen) atoms. The average Bonchev–Trinajstić information content (AvgIpc) is 3.24. The number of alkyl halides is 3.